The van der Waals surface area contributed by atoms with Crippen molar-refractivity contribution in [2.75, 3.05) is 0 Å². The van der Waals surface area contributed by atoms with E-state index in [1.807, 2.05) is 0 Å². The molecule has 0 radical (unpaired) electrons. The van der Waals surface area contributed by atoms with E-state index in [1.165, 1.54) is 23.0 Å². The lowest BCUT2D eigenvalue weighted by Crippen LogP contribution is -2.02. The van der Waals surface area contributed by atoms with Gasteiger partial charge in [-0.05, 0) is 28.1 Å². The summed E-state index contributed by atoms with van der Waals surface area (Å²) in [5.41, 5.74) is -0.0758. The molecule has 0 aliphatic carbocycles. The minimum absolute atomic E-state index is 0.0758. The van der Waals surface area contributed by atoms with Crippen LogP contribution in [-0.2, 0) is 0 Å². The molecular formula is C8H5BrN4O2. The van der Waals surface area contributed by atoms with Crippen molar-refractivity contribution in [3.05, 3.63) is 45.3 Å². The van der Waals surface area contributed by atoms with Crippen LogP contribution in [0.4, 0.5) is 5.69 Å². The zero-order valence-electron chi connectivity index (χ0n) is 7.37. The zero-order chi connectivity index (χ0) is 10.8. The fourth-order valence-electron chi connectivity index (χ4n) is 1.13. The van der Waals surface area contributed by atoms with Crippen LogP contribution >= 0.6 is 15.9 Å². The molecule has 0 aromatic carbocycles. The fraction of sp³-hybridized carbons (Fsp3) is 0. The number of nitrogens with zero attached hydrogens (tertiary/aromatic N) is 4. The lowest BCUT2D eigenvalue weighted by atomic mass is 10.4. The second-order valence-corrected chi connectivity index (χ2v) is 3.50. The first kappa shape index (κ1) is 9.78. The van der Waals surface area contributed by atoms with Crippen molar-refractivity contribution in [1.82, 2.24) is 14.8 Å². The Bertz CT molecular complexity index is 511. The predicted molar refractivity (Wildman–Crippen MR) is 55.7 cm³/mol. The SMILES string of the molecule is O=[N+]([O-])c1cccnc1-n1ccc(Br)n1. The molecule has 76 valence electrons. The van der Waals surface area contributed by atoms with Gasteiger partial charge in [0.25, 0.3) is 0 Å². The molecule has 0 bridgehead atoms. The first-order chi connectivity index (χ1) is 7.18. The highest BCUT2D eigenvalue weighted by atomic mass is 79.9. The molecule has 0 aliphatic heterocycles. The fourth-order valence-corrected chi connectivity index (χ4v) is 1.42. The van der Waals surface area contributed by atoms with Gasteiger partial charge in [0.15, 0.2) is 0 Å². The first-order valence-electron chi connectivity index (χ1n) is 3.99. The normalized spacial score (nSPS) is 10.2. The van der Waals surface area contributed by atoms with Crippen LogP contribution in [0.5, 0.6) is 0 Å². The van der Waals surface area contributed by atoms with Crippen molar-refractivity contribution in [1.29, 1.82) is 0 Å². The Morgan fingerprint density at radius 3 is 2.87 bits per heavy atom. The average molecular weight is 269 g/mol. The third kappa shape index (κ3) is 1.86. The standard InChI is InChI=1S/C8H5BrN4O2/c9-7-3-5-12(11-7)8-6(13(14)15)2-1-4-10-8/h1-5H. The zero-order valence-corrected chi connectivity index (χ0v) is 8.96. The number of halogens is 1. The molecule has 0 fully saturated rings. The van der Waals surface area contributed by atoms with E-state index in [0.717, 1.165) is 0 Å². The third-order valence-corrected chi connectivity index (χ3v) is 2.16. The number of hydrogen-bond acceptors (Lipinski definition) is 4. The molecule has 6 nitrogen and oxygen atoms in total. The Morgan fingerprint density at radius 1 is 1.47 bits per heavy atom. The van der Waals surface area contributed by atoms with Gasteiger partial charge in [-0.25, -0.2) is 9.67 Å². The molecule has 0 amide bonds. The summed E-state index contributed by atoms with van der Waals surface area (Å²) in [6.45, 7) is 0. The van der Waals surface area contributed by atoms with Gasteiger partial charge in [-0.1, -0.05) is 0 Å². The summed E-state index contributed by atoms with van der Waals surface area (Å²) >= 11 is 3.16. The number of rotatable bonds is 2. The second-order valence-electron chi connectivity index (χ2n) is 2.69. The molecular weight excluding hydrogens is 264 g/mol. The van der Waals surface area contributed by atoms with Gasteiger partial charge in [-0.2, -0.15) is 5.10 Å². The molecule has 2 heterocycles. The largest absolute Gasteiger partial charge is 0.313 e. The summed E-state index contributed by atoms with van der Waals surface area (Å²) in [6, 6.07) is 4.58. The maximum Gasteiger partial charge on any atom is 0.313 e. The molecule has 0 atom stereocenters. The molecule has 2 rings (SSSR count). The molecule has 0 spiro atoms. The van der Waals surface area contributed by atoms with Gasteiger partial charge in [0.1, 0.15) is 4.60 Å². The van der Waals surface area contributed by atoms with Gasteiger partial charge >= 0.3 is 5.69 Å². The highest BCUT2D eigenvalue weighted by molar-refractivity contribution is 9.10. The van der Waals surface area contributed by atoms with Gasteiger partial charge < -0.3 is 0 Å². The van der Waals surface area contributed by atoms with Crippen LogP contribution in [0.25, 0.3) is 5.82 Å². The van der Waals surface area contributed by atoms with Crippen LogP contribution in [0, 0.1) is 10.1 Å². The molecule has 0 unspecified atom stereocenters. The van der Waals surface area contributed by atoms with Crippen LogP contribution in [0.15, 0.2) is 35.2 Å². The summed E-state index contributed by atoms with van der Waals surface area (Å²) in [7, 11) is 0. The van der Waals surface area contributed by atoms with E-state index in [9.17, 15) is 10.1 Å². The molecule has 7 heteroatoms. The Kier molecular flexibility index (Phi) is 2.46. The monoisotopic (exact) mass is 268 g/mol. The van der Waals surface area contributed by atoms with Crippen LogP contribution in [0.3, 0.4) is 0 Å². The summed E-state index contributed by atoms with van der Waals surface area (Å²) < 4.78 is 1.95. The van der Waals surface area contributed by atoms with Crippen LogP contribution < -0.4 is 0 Å². The second kappa shape index (κ2) is 3.77. The number of hydrogen-bond donors (Lipinski definition) is 0. The molecule has 0 N–H and O–H groups in total. The maximum atomic E-state index is 10.7. The summed E-state index contributed by atoms with van der Waals surface area (Å²) in [5, 5.41) is 14.7. The van der Waals surface area contributed by atoms with Gasteiger partial charge in [-0.3, -0.25) is 10.1 Å². The topological polar surface area (TPSA) is 73.8 Å². The van der Waals surface area contributed by atoms with E-state index < -0.39 is 4.92 Å². The Hall–Kier alpha value is -1.76. The van der Waals surface area contributed by atoms with E-state index in [1.54, 1.807) is 12.3 Å². The lowest BCUT2D eigenvalue weighted by molar-refractivity contribution is -0.384. The van der Waals surface area contributed by atoms with Gasteiger partial charge in [0, 0.05) is 18.5 Å². The number of aromatic nitrogens is 3. The number of pyridine rings is 1. The lowest BCUT2D eigenvalue weighted by Gasteiger charge is -1.99. The van der Waals surface area contributed by atoms with E-state index in [2.05, 4.69) is 26.0 Å². The van der Waals surface area contributed by atoms with Crippen molar-refractivity contribution in [3.63, 3.8) is 0 Å². The van der Waals surface area contributed by atoms with Crippen molar-refractivity contribution in [3.8, 4) is 5.82 Å². The van der Waals surface area contributed by atoms with Crippen LogP contribution in [0.1, 0.15) is 0 Å². The predicted octanol–water partition coefficient (Wildman–Crippen LogP) is 1.94. The molecule has 0 saturated carbocycles. The molecule has 0 aliphatic rings. The smallest absolute Gasteiger partial charge is 0.258 e. The molecule has 15 heavy (non-hydrogen) atoms. The van der Waals surface area contributed by atoms with Crippen molar-refractivity contribution in [2.24, 2.45) is 0 Å². The summed E-state index contributed by atoms with van der Waals surface area (Å²) in [6.07, 6.45) is 3.08. The van der Waals surface area contributed by atoms with E-state index in [4.69, 9.17) is 0 Å². The maximum absolute atomic E-state index is 10.7. The Labute approximate surface area is 92.8 Å². The van der Waals surface area contributed by atoms with Crippen molar-refractivity contribution in [2.45, 2.75) is 0 Å². The highest BCUT2D eigenvalue weighted by Gasteiger charge is 2.16. The molecule has 2 aromatic heterocycles. The molecule has 0 saturated heterocycles. The minimum Gasteiger partial charge on any atom is -0.258 e. The Balaban J connectivity index is 2.57. The van der Waals surface area contributed by atoms with Gasteiger partial charge in [-0.15, -0.1) is 0 Å². The first-order valence-corrected chi connectivity index (χ1v) is 4.79. The van der Waals surface area contributed by atoms with Crippen LogP contribution in [0.2, 0.25) is 0 Å². The van der Waals surface area contributed by atoms with Crippen LogP contribution in [-0.4, -0.2) is 19.7 Å². The minimum atomic E-state index is -0.488. The highest BCUT2D eigenvalue weighted by Crippen LogP contribution is 2.19. The number of nitro groups is 1. The Morgan fingerprint density at radius 2 is 2.27 bits per heavy atom. The quantitative estimate of drug-likeness (QED) is 0.616. The van der Waals surface area contributed by atoms with E-state index in [-0.39, 0.29) is 11.5 Å². The van der Waals surface area contributed by atoms with E-state index >= 15 is 0 Å². The summed E-state index contributed by atoms with van der Waals surface area (Å²) in [4.78, 5) is 14.1. The van der Waals surface area contributed by atoms with Crippen molar-refractivity contribution < 1.29 is 4.92 Å². The van der Waals surface area contributed by atoms with Crippen molar-refractivity contribution >= 4 is 21.6 Å². The average Bonchev–Trinajstić information content (AvgIpc) is 2.65. The van der Waals surface area contributed by atoms with Gasteiger partial charge in [0.05, 0.1) is 4.92 Å². The third-order valence-electron chi connectivity index (χ3n) is 1.74. The van der Waals surface area contributed by atoms with Gasteiger partial charge in [0.2, 0.25) is 5.82 Å². The van der Waals surface area contributed by atoms with E-state index in [0.29, 0.717) is 4.60 Å². The molecule has 2 aromatic rings. The summed E-state index contributed by atoms with van der Waals surface area (Å²) in [5.74, 6) is 0.202.